The van der Waals surface area contributed by atoms with Crippen molar-refractivity contribution in [3.8, 4) is 17.3 Å². The van der Waals surface area contributed by atoms with Crippen LogP contribution >= 0.6 is 0 Å². The van der Waals surface area contributed by atoms with Gasteiger partial charge in [0.2, 0.25) is 0 Å². The summed E-state index contributed by atoms with van der Waals surface area (Å²) < 4.78 is 9.84. The van der Waals surface area contributed by atoms with Crippen LogP contribution in [0.1, 0.15) is 31.7 Å². The third-order valence-electron chi connectivity index (χ3n) is 6.63. The first-order valence-electron chi connectivity index (χ1n) is 11.9. The molecule has 1 saturated carbocycles. The molecule has 3 heterocycles. The van der Waals surface area contributed by atoms with E-state index in [4.69, 9.17) is 9.94 Å². The maximum absolute atomic E-state index is 9.44. The van der Waals surface area contributed by atoms with Gasteiger partial charge in [-0.1, -0.05) is 19.6 Å². The zero-order valence-electron chi connectivity index (χ0n) is 20.1. The fourth-order valence-corrected chi connectivity index (χ4v) is 5.48. The monoisotopic (exact) mass is 479 g/mol. The molecule has 3 aromatic heterocycles. The molecule has 34 heavy (non-hydrogen) atoms. The minimum absolute atomic E-state index is 0.0162. The van der Waals surface area contributed by atoms with Crippen molar-refractivity contribution in [2.24, 2.45) is 17.0 Å². The van der Waals surface area contributed by atoms with E-state index in [0.29, 0.717) is 19.1 Å². The first-order chi connectivity index (χ1) is 16.4. The van der Waals surface area contributed by atoms with E-state index >= 15 is 0 Å². The van der Waals surface area contributed by atoms with E-state index in [9.17, 15) is 5.26 Å². The summed E-state index contributed by atoms with van der Waals surface area (Å²) in [5.41, 5.74) is 2.56. The SMILES string of the molecule is C[Si](C)(C)CCOCn1ccc2c(-c3cnn(C(CC#N)C4CCC(/C=N/O)C4)c3)ncnc21. The molecule has 10 heteroatoms. The third-order valence-corrected chi connectivity index (χ3v) is 8.34. The Labute approximate surface area is 201 Å². The number of aromatic nitrogens is 5. The van der Waals surface area contributed by atoms with Gasteiger partial charge in [0.25, 0.3) is 0 Å². The molecule has 0 aromatic carbocycles. The molecule has 3 atom stereocenters. The molecule has 0 amide bonds. The molecule has 9 nitrogen and oxygen atoms in total. The zero-order chi connectivity index (χ0) is 24.1. The molecule has 1 fully saturated rings. The van der Waals surface area contributed by atoms with Gasteiger partial charge in [-0.3, -0.25) is 4.68 Å². The van der Waals surface area contributed by atoms with E-state index in [1.54, 1.807) is 12.5 Å². The summed E-state index contributed by atoms with van der Waals surface area (Å²) in [5.74, 6) is 0.565. The highest BCUT2D eigenvalue weighted by Gasteiger charge is 2.32. The Morgan fingerprint density at radius 2 is 2.21 bits per heavy atom. The average molecular weight is 480 g/mol. The van der Waals surface area contributed by atoms with Gasteiger partial charge in [-0.25, -0.2) is 9.97 Å². The van der Waals surface area contributed by atoms with Crippen molar-refractivity contribution < 1.29 is 9.94 Å². The number of fused-ring (bicyclic) bond motifs is 1. The Morgan fingerprint density at radius 3 is 2.97 bits per heavy atom. The van der Waals surface area contributed by atoms with Gasteiger partial charge in [-0.15, -0.1) is 5.16 Å². The maximum Gasteiger partial charge on any atom is 0.145 e. The number of nitriles is 1. The predicted octanol–water partition coefficient (Wildman–Crippen LogP) is 4.94. The van der Waals surface area contributed by atoms with Gasteiger partial charge in [-0.05, 0) is 43.2 Å². The third kappa shape index (κ3) is 5.54. The highest BCUT2D eigenvalue weighted by molar-refractivity contribution is 6.76. The van der Waals surface area contributed by atoms with Crippen molar-refractivity contribution in [2.75, 3.05) is 6.61 Å². The molecular formula is C24H33N7O2Si. The highest BCUT2D eigenvalue weighted by atomic mass is 28.3. The van der Waals surface area contributed by atoms with Gasteiger partial charge < -0.3 is 14.5 Å². The Bertz CT molecular complexity index is 1170. The van der Waals surface area contributed by atoms with Crippen molar-refractivity contribution >= 4 is 25.3 Å². The fraction of sp³-hybridized carbons (Fsp3) is 0.542. The number of hydrogen-bond acceptors (Lipinski definition) is 7. The standard InChI is InChI=1S/C24H33N7O2Si/c1-34(2,3)11-10-33-17-30-9-7-21-23(26-16-27-24(21)30)20-14-28-31(15-20)22(6-8-25)19-5-4-18(12-19)13-29-32/h7,9,13-16,18-19,22,32H,4-6,10-12,17H2,1-3H3/b29-13+. The molecule has 0 radical (unpaired) electrons. The molecular weight excluding hydrogens is 446 g/mol. The number of rotatable bonds is 10. The van der Waals surface area contributed by atoms with Gasteiger partial charge in [0, 0.05) is 44.2 Å². The van der Waals surface area contributed by atoms with Crippen LogP contribution in [-0.2, 0) is 11.5 Å². The molecule has 0 spiro atoms. The van der Waals surface area contributed by atoms with Crippen LogP contribution in [0, 0.1) is 23.2 Å². The topological polar surface area (TPSA) is 114 Å². The van der Waals surface area contributed by atoms with Crippen molar-refractivity contribution in [3.05, 3.63) is 31.0 Å². The van der Waals surface area contributed by atoms with E-state index in [2.05, 4.69) is 45.9 Å². The van der Waals surface area contributed by atoms with E-state index in [1.807, 2.05) is 33.9 Å². The lowest BCUT2D eigenvalue weighted by molar-refractivity contribution is 0.0899. The van der Waals surface area contributed by atoms with Crippen LogP contribution in [0.2, 0.25) is 25.7 Å². The van der Waals surface area contributed by atoms with Crippen LogP contribution in [-0.4, -0.2) is 50.4 Å². The van der Waals surface area contributed by atoms with Crippen molar-refractivity contribution in [1.82, 2.24) is 24.3 Å². The summed E-state index contributed by atoms with van der Waals surface area (Å²) in [7, 11) is -1.12. The quantitative estimate of drug-likeness (QED) is 0.145. The Balaban J connectivity index is 1.52. The molecule has 4 rings (SSSR count). The first-order valence-corrected chi connectivity index (χ1v) is 15.6. The second-order valence-electron chi connectivity index (χ2n) is 10.3. The summed E-state index contributed by atoms with van der Waals surface area (Å²) in [6, 6.07) is 5.45. The van der Waals surface area contributed by atoms with Crippen LogP contribution in [0.4, 0.5) is 0 Å². The van der Waals surface area contributed by atoms with Crippen molar-refractivity contribution in [2.45, 2.75) is 64.1 Å². The van der Waals surface area contributed by atoms with Crippen LogP contribution in [0.15, 0.2) is 36.1 Å². The number of ether oxygens (including phenoxy) is 1. The Morgan fingerprint density at radius 1 is 1.35 bits per heavy atom. The second kappa shape index (κ2) is 10.5. The summed E-state index contributed by atoms with van der Waals surface area (Å²) >= 11 is 0. The van der Waals surface area contributed by atoms with Crippen LogP contribution < -0.4 is 0 Å². The van der Waals surface area contributed by atoms with Gasteiger partial charge in [0.1, 0.15) is 18.7 Å². The van der Waals surface area contributed by atoms with Crippen molar-refractivity contribution in [3.63, 3.8) is 0 Å². The molecule has 1 aliphatic rings. The molecule has 3 aromatic rings. The average Bonchev–Trinajstić information content (AvgIpc) is 3.55. The Kier molecular flexibility index (Phi) is 7.43. The number of hydrogen-bond donors (Lipinski definition) is 1. The largest absolute Gasteiger partial charge is 0.411 e. The number of nitrogens with zero attached hydrogens (tertiary/aromatic N) is 7. The first kappa shape index (κ1) is 24.1. The number of oxime groups is 1. The van der Waals surface area contributed by atoms with Gasteiger partial charge in [0.05, 0.1) is 30.4 Å². The summed E-state index contributed by atoms with van der Waals surface area (Å²) in [6.45, 7) is 8.25. The zero-order valence-corrected chi connectivity index (χ0v) is 21.1. The second-order valence-corrected chi connectivity index (χ2v) is 16.0. The summed E-state index contributed by atoms with van der Waals surface area (Å²) in [4.78, 5) is 9.04. The smallest absolute Gasteiger partial charge is 0.145 e. The van der Waals surface area contributed by atoms with E-state index in [-0.39, 0.29) is 12.0 Å². The van der Waals surface area contributed by atoms with Crippen LogP contribution in [0.5, 0.6) is 0 Å². The minimum Gasteiger partial charge on any atom is -0.411 e. The Hall–Kier alpha value is -3.03. The van der Waals surface area contributed by atoms with E-state index in [0.717, 1.165) is 54.2 Å². The molecule has 0 saturated heterocycles. The van der Waals surface area contributed by atoms with Crippen LogP contribution in [0.3, 0.4) is 0 Å². The van der Waals surface area contributed by atoms with E-state index in [1.165, 1.54) is 0 Å². The lowest BCUT2D eigenvalue weighted by atomic mass is 9.95. The van der Waals surface area contributed by atoms with Gasteiger partial charge >= 0.3 is 0 Å². The fourth-order valence-electron chi connectivity index (χ4n) is 4.72. The molecule has 180 valence electrons. The molecule has 0 bridgehead atoms. The normalized spacial score (nSPS) is 19.7. The van der Waals surface area contributed by atoms with Crippen LogP contribution in [0.25, 0.3) is 22.3 Å². The maximum atomic E-state index is 9.44. The molecule has 1 N–H and O–H groups in total. The lowest BCUT2D eigenvalue weighted by Gasteiger charge is -2.21. The predicted molar refractivity (Wildman–Crippen MR) is 133 cm³/mol. The lowest BCUT2D eigenvalue weighted by Crippen LogP contribution is -2.22. The van der Waals surface area contributed by atoms with Crippen molar-refractivity contribution in [1.29, 1.82) is 5.26 Å². The molecule has 1 aliphatic carbocycles. The summed E-state index contributed by atoms with van der Waals surface area (Å²) in [6.07, 6.45) is 12.2. The summed E-state index contributed by atoms with van der Waals surface area (Å²) in [5, 5.41) is 27.1. The van der Waals surface area contributed by atoms with Gasteiger partial charge in [0.15, 0.2) is 0 Å². The van der Waals surface area contributed by atoms with E-state index < -0.39 is 8.07 Å². The minimum atomic E-state index is -1.12. The highest BCUT2D eigenvalue weighted by Crippen LogP contribution is 2.39. The molecule has 0 aliphatic heterocycles. The van der Waals surface area contributed by atoms with Gasteiger partial charge in [-0.2, -0.15) is 10.4 Å². The molecule has 3 unspecified atom stereocenters.